The topological polar surface area (TPSA) is 84.6 Å². The molecule has 1 aromatic carbocycles. The van der Waals surface area contributed by atoms with Crippen molar-refractivity contribution in [3.63, 3.8) is 0 Å². The molecule has 0 radical (unpaired) electrons. The lowest BCUT2D eigenvalue weighted by atomic mass is 10.2. The summed E-state index contributed by atoms with van der Waals surface area (Å²) in [7, 11) is 0. The van der Waals surface area contributed by atoms with E-state index in [0.717, 1.165) is 25.1 Å². The largest absolute Gasteiger partial charge is 0.761 e. The predicted molar refractivity (Wildman–Crippen MR) is 70.3 cm³/mol. The molecular weight excluding hydrogens is 242 g/mol. The Bertz CT molecular complexity index is 414. The van der Waals surface area contributed by atoms with Gasteiger partial charge in [-0.3, -0.25) is 0 Å². The Balaban J connectivity index is 2.35. The normalized spacial score (nSPS) is 19.7. The Morgan fingerprint density at radius 1 is 1.59 bits per heavy atom. The summed E-state index contributed by atoms with van der Waals surface area (Å²) < 4.78 is 0. The highest BCUT2D eigenvalue weighted by molar-refractivity contribution is 6.33. The van der Waals surface area contributed by atoms with Gasteiger partial charge in [0, 0.05) is 12.2 Å². The van der Waals surface area contributed by atoms with Gasteiger partial charge >= 0.3 is 0 Å². The van der Waals surface area contributed by atoms with Crippen molar-refractivity contribution in [2.75, 3.05) is 29.3 Å². The van der Waals surface area contributed by atoms with Crippen molar-refractivity contribution in [1.82, 2.24) is 0 Å². The second kappa shape index (κ2) is 5.00. The second-order valence-electron chi connectivity index (χ2n) is 4.16. The molecule has 4 N–H and O–H groups in total. The van der Waals surface area contributed by atoms with Gasteiger partial charge in [0.2, 0.25) is 0 Å². The van der Waals surface area contributed by atoms with Crippen LogP contribution in [0.1, 0.15) is 12.8 Å². The maximum Gasteiger partial charge on any atom is 0.0661 e. The van der Waals surface area contributed by atoms with Crippen LogP contribution in [0.5, 0.6) is 0 Å². The molecule has 0 unspecified atom stereocenters. The third kappa shape index (κ3) is 2.26. The lowest BCUT2D eigenvalue weighted by molar-refractivity contribution is 0.266. The Kier molecular flexibility index (Phi) is 3.61. The number of nitrogens with zero attached hydrogens (tertiary/aromatic N) is 1. The number of hydrogen-bond donors (Lipinski definition) is 3. The van der Waals surface area contributed by atoms with Crippen LogP contribution in [-0.4, -0.2) is 24.3 Å². The van der Waals surface area contributed by atoms with Crippen molar-refractivity contribution in [2.45, 2.75) is 18.9 Å². The molecule has 1 aliphatic rings. The van der Waals surface area contributed by atoms with Gasteiger partial charge in [-0.2, -0.15) is 0 Å². The van der Waals surface area contributed by atoms with Crippen LogP contribution in [0.2, 0.25) is 5.02 Å². The summed E-state index contributed by atoms with van der Waals surface area (Å²) in [6.07, 6.45) is 1.96. The molecule has 1 fully saturated rings. The zero-order chi connectivity index (χ0) is 12.4. The number of anilines is 3. The summed E-state index contributed by atoms with van der Waals surface area (Å²) in [6, 6.07) is 3.28. The molecule has 1 saturated heterocycles. The first-order chi connectivity index (χ1) is 8.17. The van der Waals surface area contributed by atoms with Crippen LogP contribution in [0.25, 0.3) is 0 Å². The molecular formula is C11H15ClN3O2-. The van der Waals surface area contributed by atoms with Gasteiger partial charge < -0.3 is 26.4 Å². The van der Waals surface area contributed by atoms with E-state index >= 15 is 0 Å². The number of nitrogens with two attached hydrogens (primary N) is 1. The number of rotatable bonds is 3. The van der Waals surface area contributed by atoms with Crippen molar-refractivity contribution in [1.29, 1.82) is 0 Å². The van der Waals surface area contributed by atoms with E-state index < -0.39 is 0 Å². The summed E-state index contributed by atoms with van der Waals surface area (Å²) in [5, 5.41) is 20.4. The SMILES string of the molecule is Nc1cc(N2CCC[C@@H]2CO)c(Cl)cc1N[O-]. The molecule has 5 nitrogen and oxygen atoms in total. The Labute approximate surface area is 105 Å². The molecule has 0 aromatic heterocycles. The fourth-order valence-corrected chi connectivity index (χ4v) is 2.50. The molecule has 0 bridgehead atoms. The quantitative estimate of drug-likeness (QED) is 0.567. The molecule has 0 spiro atoms. The van der Waals surface area contributed by atoms with Crippen LogP contribution >= 0.6 is 11.6 Å². The van der Waals surface area contributed by atoms with Crippen molar-refractivity contribution >= 4 is 28.7 Å². The molecule has 94 valence electrons. The standard InChI is InChI=1S/C11H15ClN3O2/c12-8-4-10(14-17)9(13)5-11(8)15-3-1-2-7(15)6-16/h4-5,7,14,16H,1-3,6,13H2/q-1/t7-/m1/s1. The molecule has 1 heterocycles. The lowest BCUT2D eigenvalue weighted by Crippen LogP contribution is -2.32. The summed E-state index contributed by atoms with van der Waals surface area (Å²) in [4.78, 5) is 2.03. The average Bonchev–Trinajstić information content (AvgIpc) is 2.79. The van der Waals surface area contributed by atoms with Crippen LogP contribution < -0.4 is 16.1 Å². The number of halogens is 1. The third-order valence-electron chi connectivity index (χ3n) is 3.13. The zero-order valence-corrected chi connectivity index (χ0v) is 10.1. The molecule has 17 heavy (non-hydrogen) atoms. The van der Waals surface area contributed by atoms with E-state index in [2.05, 4.69) is 0 Å². The van der Waals surface area contributed by atoms with E-state index in [-0.39, 0.29) is 18.3 Å². The Morgan fingerprint density at radius 3 is 3.00 bits per heavy atom. The number of hydrogen-bond acceptors (Lipinski definition) is 5. The van der Waals surface area contributed by atoms with Gasteiger partial charge in [-0.1, -0.05) is 11.6 Å². The highest BCUT2D eigenvalue weighted by Gasteiger charge is 2.25. The summed E-state index contributed by atoms with van der Waals surface area (Å²) in [6.45, 7) is 0.937. The number of nitrogens with one attached hydrogen (secondary N) is 1. The number of benzene rings is 1. The van der Waals surface area contributed by atoms with Crippen LogP contribution in [0, 0.1) is 5.21 Å². The lowest BCUT2D eigenvalue weighted by Gasteiger charge is -2.27. The van der Waals surface area contributed by atoms with Gasteiger partial charge in [0.25, 0.3) is 0 Å². The van der Waals surface area contributed by atoms with Crippen molar-refractivity contribution in [3.05, 3.63) is 22.4 Å². The van der Waals surface area contributed by atoms with Crippen LogP contribution in [-0.2, 0) is 0 Å². The third-order valence-corrected chi connectivity index (χ3v) is 3.43. The minimum absolute atomic E-state index is 0.0814. The highest BCUT2D eigenvalue weighted by Crippen LogP contribution is 2.36. The molecule has 1 aliphatic heterocycles. The van der Waals surface area contributed by atoms with E-state index in [1.807, 2.05) is 4.90 Å². The van der Waals surface area contributed by atoms with Gasteiger partial charge in [-0.15, -0.1) is 0 Å². The van der Waals surface area contributed by atoms with Crippen LogP contribution in [0.4, 0.5) is 17.1 Å². The van der Waals surface area contributed by atoms with Crippen molar-refractivity contribution in [3.8, 4) is 0 Å². The van der Waals surface area contributed by atoms with Gasteiger partial charge in [-0.05, 0) is 25.0 Å². The van der Waals surface area contributed by atoms with Crippen LogP contribution in [0.3, 0.4) is 0 Å². The van der Waals surface area contributed by atoms with Crippen LogP contribution in [0.15, 0.2) is 12.1 Å². The predicted octanol–water partition coefficient (Wildman–Crippen LogP) is 1.79. The summed E-state index contributed by atoms with van der Waals surface area (Å²) in [5.41, 5.74) is 8.91. The minimum atomic E-state index is 0.0814. The molecule has 0 aliphatic carbocycles. The summed E-state index contributed by atoms with van der Waals surface area (Å²) >= 11 is 6.12. The maximum atomic E-state index is 10.6. The van der Waals surface area contributed by atoms with E-state index in [9.17, 15) is 10.3 Å². The highest BCUT2D eigenvalue weighted by atomic mass is 35.5. The molecule has 0 amide bonds. The second-order valence-corrected chi connectivity index (χ2v) is 4.57. The van der Waals surface area contributed by atoms with E-state index in [0.29, 0.717) is 10.7 Å². The fraction of sp³-hybridized carbons (Fsp3) is 0.455. The first-order valence-corrected chi connectivity index (χ1v) is 5.90. The van der Waals surface area contributed by atoms with Gasteiger partial charge in [-0.25, -0.2) is 0 Å². The van der Waals surface area contributed by atoms with Crippen molar-refractivity contribution in [2.24, 2.45) is 0 Å². The van der Waals surface area contributed by atoms with E-state index in [1.54, 1.807) is 11.5 Å². The zero-order valence-electron chi connectivity index (χ0n) is 9.32. The van der Waals surface area contributed by atoms with E-state index in [1.165, 1.54) is 6.07 Å². The first-order valence-electron chi connectivity index (χ1n) is 5.52. The van der Waals surface area contributed by atoms with Gasteiger partial charge in [0.05, 0.1) is 29.0 Å². The molecule has 1 aromatic rings. The fourth-order valence-electron chi connectivity index (χ4n) is 2.23. The number of aliphatic hydroxyl groups excluding tert-OH is 1. The average molecular weight is 257 g/mol. The summed E-state index contributed by atoms with van der Waals surface area (Å²) in [5.74, 6) is 0. The number of aliphatic hydroxyl groups is 1. The molecule has 6 heteroatoms. The Hall–Kier alpha value is -1.17. The van der Waals surface area contributed by atoms with E-state index in [4.69, 9.17) is 17.3 Å². The molecule has 0 saturated carbocycles. The Morgan fingerprint density at radius 2 is 2.35 bits per heavy atom. The van der Waals surface area contributed by atoms with Gasteiger partial charge in [0.1, 0.15) is 0 Å². The maximum absolute atomic E-state index is 10.6. The van der Waals surface area contributed by atoms with Gasteiger partial charge in [0.15, 0.2) is 0 Å². The smallest absolute Gasteiger partial charge is 0.0661 e. The molecule has 1 atom stereocenters. The number of nitrogen functional groups attached to an aromatic ring is 1. The molecule has 2 rings (SSSR count). The minimum Gasteiger partial charge on any atom is -0.761 e. The monoisotopic (exact) mass is 256 g/mol. The first kappa shape index (κ1) is 12.3. The van der Waals surface area contributed by atoms with Crippen molar-refractivity contribution < 1.29 is 5.11 Å².